The fraction of sp³-hybridized carbons (Fsp3) is 0.350. The number of nitrogens with one attached hydrogen (secondary N) is 1. The number of hydrogen-bond acceptors (Lipinski definition) is 2. The maximum atomic E-state index is 12.2. The Balaban J connectivity index is 2.02. The van der Waals surface area contributed by atoms with Gasteiger partial charge in [0.05, 0.1) is 5.69 Å². The maximum Gasteiger partial charge on any atom is 0.262 e. The van der Waals surface area contributed by atoms with Crippen molar-refractivity contribution in [1.82, 2.24) is 0 Å². The van der Waals surface area contributed by atoms with Crippen molar-refractivity contribution < 1.29 is 9.53 Å². The van der Waals surface area contributed by atoms with E-state index in [2.05, 4.69) is 48.9 Å². The van der Waals surface area contributed by atoms with Gasteiger partial charge < -0.3 is 10.1 Å². The Morgan fingerprint density at radius 3 is 2.50 bits per heavy atom. The van der Waals surface area contributed by atoms with E-state index in [0.717, 1.165) is 27.9 Å². The molecule has 1 N–H and O–H groups in total. The van der Waals surface area contributed by atoms with E-state index in [4.69, 9.17) is 4.74 Å². The molecule has 128 valence electrons. The molecule has 0 unspecified atom stereocenters. The van der Waals surface area contributed by atoms with E-state index >= 15 is 0 Å². The third-order valence-corrected chi connectivity index (χ3v) is 4.43. The van der Waals surface area contributed by atoms with Gasteiger partial charge >= 0.3 is 0 Å². The minimum Gasteiger partial charge on any atom is -0.483 e. The van der Waals surface area contributed by atoms with Crippen LogP contribution in [0, 0.1) is 0 Å². The molecule has 0 spiro atoms. The molecule has 24 heavy (non-hydrogen) atoms. The summed E-state index contributed by atoms with van der Waals surface area (Å²) >= 11 is 3.49. The fourth-order valence-corrected chi connectivity index (χ4v) is 2.95. The molecule has 0 fully saturated rings. The predicted molar refractivity (Wildman–Crippen MR) is 103 cm³/mol. The van der Waals surface area contributed by atoms with Crippen molar-refractivity contribution in [3.8, 4) is 5.75 Å². The molecular weight excluding hydrogens is 366 g/mol. The predicted octanol–water partition coefficient (Wildman–Crippen LogP) is 5.33. The topological polar surface area (TPSA) is 38.3 Å². The molecular formula is C20H24BrNO2. The number of carbonyl (C=O) groups is 1. The van der Waals surface area contributed by atoms with Gasteiger partial charge in [0.2, 0.25) is 0 Å². The van der Waals surface area contributed by atoms with E-state index in [-0.39, 0.29) is 17.9 Å². The second-order valence-electron chi connectivity index (χ2n) is 6.75. The average molecular weight is 390 g/mol. The SMILES string of the molecule is CCc1ccc(NC(=O)COc2ccccc2C(C)(C)C)c(Br)c1. The van der Waals surface area contributed by atoms with E-state index in [0.29, 0.717) is 0 Å². The van der Waals surface area contributed by atoms with Crippen molar-refractivity contribution in [2.75, 3.05) is 11.9 Å². The highest BCUT2D eigenvalue weighted by Crippen LogP contribution is 2.31. The van der Waals surface area contributed by atoms with Gasteiger partial charge in [-0.05, 0) is 57.1 Å². The molecule has 0 aliphatic carbocycles. The third kappa shape index (κ3) is 4.84. The van der Waals surface area contributed by atoms with Crippen LogP contribution >= 0.6 is 15.9 Å². The second-order valence-corrected chi connectivity index (χ2v) is 7.61. The van der Waals surface area contributed by atoms with Gasteiger partial charge in [0.15, 0.2) is 6.61 Å². The van der Waals surface area contributed by atoms with Crippen LogP contribution in [0.2, 0.25) is 0 Å². The highest BCUT2D eigenvalue weighted by atomic mass is 79.9. The molecule has 0 saturated heterocycles. The van der Waals surface area contributed by atoms with Crippen molar-refractivity contribution in [2.45, 2.75) is 39.5 Å². The van der Waals surface area contributed by atoms with Crippen LogP contribution in [-0.4, -0.2) is 12.5 Å². The number of carbonyl (C=O) groups excluding carboxylic acids is 1. The van der Waals surface area contributed by atoms with E-state index in [1.165, 1.54) is 5.56 Å². The zero-order valence-electron chi connectivity index (χ0n) is 14.7. The molecule has 0 bridgehead atoms. The number of anilines is 1. The lowest BCUT2D eigenvalue weighted by atomic mass is 9.86. The van der Waals surface area contributed by atoms with E-state index in [9.17, 15) is 4.79 Å². The number of para-hydroxylation sites is 1. The standard InChI is InChI=1S/C20H24BrNO2/c1-5-14-10-11-17(16(21)12-14)22-19(23)13-24-18-9-7-6-8-15(18)20(2,3)4/h6-12H,5,13H2,1-4H3,(H,22,23). The van der Waals surface area contributed by atoms with Crippen LogP contribution in [0.5, 0.6) is 5.75 Å². The summed E-state index contributed by atoms with van der Waals surface area (Å²) in [6, 6.07) is 13.8. The first kappa shape index (κ1) is 18.5. The molecule has 4 heteroatoms. The monoisotopic (exact) mass is 389 g/mol. The Morgan fingerprint density at radius 1 is 1.17 bits per heavy atom. The molecule has 0 aromatic heterocycles. The first-order chi connectivity index (χ1) is 11.3. The van der Waals surface area contributed by atoms with Crippen LogP contribution in [0.4, 0.5) is 5.69 Å². The summed E-state index contributed by atoms with van der Waals surface area (Å²) in [7, 11) is 0. The summed E-state index contributed by atoms with van der Waals surface area (Å²) in [5, 5.41) is 2.88. The molecule has 2 aromatic rings. The van der Waals surface area contributed by atoms with E-state index < -0.39 is 0 Å². The third-order valence-electron chi connectivity index (χ3n) is 3.77. The highest BCUT2D eigenvalue weighted by molar-refractivity contribution is 9.10. The van der Waals surface area contributed by atoms with E-state index in [1.807, 2.05) is 42.5 Å². The van der Waals surface area contributed by atoms with Crippen molar-refractivity contribution >= 4 is 27.5 Å². The molecule has 2 aromatic carbocycles. The number of hydrogen-bond donors (Lipinski definition) is 1. The molecule has 0 saturated carbocycles. The number of halogens is 1. The molecule has 3 nitrogen and oxygen atoms in total. The normalized spacial score (nSPS) is 11.2. The number of aryl methyl sites for hydroxylation is 1. The second kappa shape index (κ2) is 7.84. The van der Waals surface area contributed by atoms with Crippen LogP contribution in [0.1, 0.15) is 38.8 Å². The summed E-state index contributed by atoms with van der Waals surface area (Å²) in [5.41, 5.74) is 3.03. The summed E-state index contributed by atoms with van der Waals surface area (Å²) in [6.45, 7) is 8.46. The molecule has 0 aliphatic heterocycles. The number of rotatable bonds is 5. The van der Waals surface area contributed by atoms with E-state index in [1.54, 1.807) is 0 Å². The Morgan fingerprint density at radius 2 is 1.88 bits per heavy atom. The number of amides is 1. The van der Waals surface area contributed by atoms with Gasteiger partial charge in [-0.2, -0.15) is 0 Å². The molecule has 0 heterocycles. The maximum absolute atomic E-state index is 12.2. The average Bonchev–Trinajstić information content (AvgIpc) is 2.54. The fourth-order valence-electron chi connectivity index (χ4n) is 2.42. The van der Waals surface area contributed by atoms with Crippen LogP contribution < -0.4 is 10.1 Å². The quantitative estimate of drug-likeness (QED) is 0.750. The van der Waals surface area contributed by atoms with Gasteiger partial charge in [-0.3, -0.25) is 4.79 Å². The number of ether oxygens (including phenoxy) is 1. The lowest BCUT2D eigenvalue weighted by Crippen LogP contribution is -2.22. The smallest absolute Gasteiger partial charge is 0.262 e. The summed E-state index contributed by atoms with van der Waals surface area (Å²) < 4.78 is 6.63. The summed E-state index contributed by atoms with van der Waals surface area (Å²) in [6.07, 6.45) is 0.958. The van der Waals surface area contributed by atoms with Crippen LogP contribution in [0.25, 0.3) is 0 Å². The molecule has 1 amide bonds. The Kier molecular flexibility index (Phi) is 6.05. The Bertz CT molecular complexity index is 720. The highest BCUT2D eigenvalue weighted by Gasteiger charge is 2.19. The minimum atomic E-state index is -0.177. The molecule has 0 aliphatic rings. The zero-order valence-corrected chi connectivity index (χ0v) is 16.2. The lowest BCUT2D eigenvalue weighted by molar-refractivity contribution is -0.118. The summed E-state index contributed by atoms with van der Waals surface area (Å²) in [5.74, 6) is 0.573. The van der Waals surface area contributed by atoms with Crippen molar-refractivity contribution in [3.05, 3.63) is 58.1 Å². The molecule has 2 rings (SSSR count). The van der Waals surface area contributed by atoms with Gasteiger partial charge in [-0.1, -0.05) is 52.0 Å². The first-order valence-corrected chi connectivity index (χ1v) is 8.91. The minimum absolute atomic E-state index is 0.0188. The van der Waals surface area contributed by atoms with Gasteiger partial charge in [0.1, 0.15) is 5.75 Å². The number of benzene rings is 2. The zero-order chi connectivity index (χ0) is 17.7. The van der Waals surface area contributed by atoms with Crippen molar-refractivity contribution in [3.63, 3.8) is 0 Å². The largest absolute Gasteiger partial charge is 0.483 e. The van der Waals surface area contributed by atoms with Gasteiger partial charge in [0.25, 0.3) is 5.91 Å². The van der Waals surface area contributed by atoms with Crippen molar-refractivity contribution in [2.24, 2.45) is 0 Å². The van der Waals surface area contributed by atoms with Gasteiger partial charge in [-0.15, -0.1) is 0 Å². The van der Waals surface area contributed by atoms with Crippen LogP contribution in [0.15, 0.2) is 46.9 Å². The molecule has 0 radical (unpaired) electrons. The summed E-state index contributed by atoms with van der Waals surface area (Å²) in [4.78, 5) is 12.2. The lowest BCUT2D eigenvalue weighted by Gasteiger charge is -2.22. The van der Waals surface area contributed by atoms with Crippen LogP contribution in [0.3, 0.4) is 0 Å². The first-order valence-electron chi connectivity index (χ1n) is 8.12. The Labute approximate surface area is 152 Å². The van der Waals surface area contributed by atoms with Gasteiger partial charge in [0, 0.05) is 4.47 Å². The van der Waals surface area contributed by atoms with Gasteiger partial charge in [-0.25, -0.2) is 0 Å². The van der Waals surface area contributed by atoms with Crippen molar-refractivity contribution in [1.29, 1.82) is 0 Å². The molecule has 0 atom stereocenters. The van der Waals surface area contributed by atoms with Crippen LogP contribution in [-0.2, 0) is 16.6 Å². The Hall–Kier alpha value is -1.81.